The number of rotatable bonds is 5. The summed E-state index contributed by atoms with van der Waals surface area (Å²) in [5, 5.41) is 8.33. The zero-order valence-electron chi connectivity index (χ0n) is 14.1. The van der Waals surface area contributed by atoms with Gasteiger partial charge in [0.25, 0.3) is 11.1 Å². The molecular formula is C19H13BrN2O4S. The Hall–Kier alpha value is -2.76. The van der Waals surface area contributed by atoms with Gasteiger partial charge >= 0.3 is 0 Å². The Morgan fingerprint density at radius 1 is 1.26 bits per heavy atom. The van der Waals surface area contributed by atoms with Crippen molar-refractivity contribution in [2.75, 3.05) is 18.6 Å². The van der Waals surface area contributed by atoms with E-state index in [-0.39, 0.29) is 17.8 Å². The number of ether oxygens (including phenoxy) is 2. The zero-order chi connectivity index (χ0) is 19.4. The first kappa shape index (κ1) is 19.0. The highest BCUT2D eigenvalue weighted by Gasteiger charge is 2.36. The Balaban J connectivity index is 1.93. The lowest BCUT2D eigenvalue weighted by molar-refractivity contribution is -0.113. The third-order valence-electron chi connectivity index (χ3n) is 3.64. The maximum absolute atomic E-state index is 12.7. The molecule has 3 rings (SSSR count). The summed E-state index contributed by atoms with van der Waals surface area (Å²) in [6.45, 7) is -0.121. The molecule has 1 fully saturated rings. The van der Waals surface area contributed by atoms with Crippen LogP contribution in [0.25, 0.3) is 6.08 Å². The topological polar surface area (TPSA) is 79.6 Å². The molecule has 0 aliphatic carbocycles. The van der Waals surface area contributed by atoms with E-state index in [2.05, 4.69) is 15.9 Å². The summed E-state index contributed by atoms with van der Waals surface area (Å²) in [4.78, 5) is 26.4. The number of hydrogen-bond acceptors (Lipinski definition) is 6. The molecule has 0 saturated carbocycles. The number of nitrogens with zero attached hydrogens (tertiary/aromatic N) is 2. The summed E-state index contributed by atoms with van der Waals surface area (Å²) in [6.07, 6.45) is 1.62. The van der Waals surface area contributed by atoms with E-state index in [1.807, 2.05) is 12.1 Å². The summed E-state index contributed by atoms with van der Waals surface area (Å²) in [7, 11) is 1.48. The molecular weight excluding hydrogens is 432 g/mol. The molecule has 1 heterocycles. The molecule has 1 aliphatic heterocycles. The van der Waals surface area contributed by atoms with E-state index >= 15 is 0 Å². The predicted octanol–water partition coefficient (Wildman–Crippen LogP) is 4.60. The number of halogens is 1. The van der Waals surface area contributed by atoms with Crippen molar-refractivity contribution in [3.8, 4) is 17.6 Å². The van der Waals surface area contributed by atoms with Crippen molar-refractivity contribution in [1.29, 1.82) is 5.26 Å². The van der Waals surface area contributed by atoms with Gasteiger partial charge in [0.1, 0.15) is 6.07 Å². The highest BCUT2D eigenvalue weighted by Crippen LogP contribution is 2.39. The lowest BCUT2D eigenvalue weighted by Crippen LogP contribution is -2.27. The minimum atomic E-state index is -0.379. The van der Waals surface area contributed by atoms with E-state index in [0.717, 1.165) is 16.7 Å². The van der Waals surface area contributed by atoms with Crippen molar-refractivity contribution < 1.29 is 19.1 Å². The molecule has 2 aromatic carbocycles. The van der Waals surface area contributed by atoms with Crippen molar-refractivity contribution in [3.05, 3.63) is 57.4 Å². The van der Waals surface area contributed by atoms with Gasteiger partial charge in [0.05, 0.1) is 22.2 Å². The van der Waals surface area contributed by atoms with Gasteiger partial charge in [-0.25, -0.2) is 4.90 Å². The molecule has 0 atom stereocenters. The van der Waals surface area contributed by atoms with E-state index in [1.54, 1.807) is 42.5 Å². The van der Waals surface area contributed by atoms with Crippen LogP contribution in [0.4, 0.5) is 10.5 Å². The van der Waals surface area contributed by atoms with Crippen LogP contribution >= 0.6 is 27.7 Å². The number of anilines is 1. The third kappa shape index (κ3) is 3.99. The molecule has 2 aromatic rings. The van der Waals surface area contributed by atoms with Crippen LogP contribution in [0.15, 0.2) is 51.8 Å². The molecule has 6 nitrogen and oxygen atoms in total. The first-order valence-corrected chi connectivity index (χ1v) is 9.36. The van der Waals surface area contributed by atoms with Crippen molar-refractivity contribution in [1.82, 2.24) is 0 Å². The largest absolute Gasteiger partial charge is 0.493 e. The number of imide groups is 1. The van der Waals surface area contributed by atoms with Gasteiger partial charge in [-0.2, -0.15) is 5.26 Å². The predicted molar refractivity (Wildman–Crippen MR) is 107 cm³/mol. The van der Waals surface area contributed by atoms with E-state index in [4.69, 9.17) is 14.7 Å². The van der Waals surface area contributed by atoms with Gasteiger partial charge in [-0.15, -0.1) is 0 Å². The van der Waals surface area contributed by atoms with Gasteiger partial charge in [-0.3, -0.25) is 9.59 Å². The average Bonchev–Trinajstić information content (AvgIpc) is 2.94. The summed E-state index contributed by atoms with van der Waals surface area (Å²) < 4.78 is 11.2. The van der Waals surface area contributed by atoms with Crippen molar-refractivity contribution in [2.24, 2.45) is 0 Å². The molecule has 2 amide bonds. The zero-order valence-corrected chi connectivity index (χ0v) is 16.5. The summed E-state index contributed by atoms with van der Waals surface area (Å²) in [6, 6.07) is 14.1. The Kier molecular flexibility index (Phi) is 5.84. The van der Waals surface area contributed by atoms with Crippen LogP contribution in [0.3, 0.4) is 0 Å². The number of carbonyl (C=O) groups excluding carboxylic acids is 2. The molecule has 8 heteroatoms. The summed E-state index contributed by atoms with van der Waals surface area (Å²) in [5.41, 5.74) is 1.18. The number of amides is 2. The molecule has 0 bridgehead atoms. The fourth-order valence-electron chi connectivity index (χ4n) is 2.49. The van der Waals surface area contributed by atoms with Gasteiger partial charge in [-0.1, -0.05) is 18.2 Å². The summed E-state index contributed by atoms with van der Waals surface area (Å²) >= 11 is 4.26. The number of benzene rings is 2. The van der Waals surface area contributed by atoms with E-state index < -0.39 is 0 Å². The second kappa shape index (κ2) is 8.29. The van der Waals surface area contributed by atoms with Crippen LogP contribution in [0, 0.1) is 11.3 Å². The number of methoxy groups -OCH3 is 1. The maximum atomic E-state index is 12.7. The minimum Gasteiger partial charge on any atom is -0.493 e. The number of thioether (sulfide) groups is 1. The molecule has 0 radical (unpaired) electrons. The van der Waals surface area contributed by atoms with Crippen LogP contribution in [0.5, 0.6) is 11.5 Å². The van der Waals surface area contributed by atoms with Gasteiger partial charge in [0, 0.05) is 0 Å². The molecule has 0 spiro atoms. The normalized spacial score (nSPS) is 15.1. The standard InChI is InChI=1S/C19H13BrN2O4S/c1-25-15-10-12(9-14(20)17(15)26-8-7-21)11-16-18(23)22(19(24)27-16)13-5-3-2-4-6-13/h2-6,9-11H,8H2,1H3/b16-11-. The van der Waals surface area contributed by atoms with E-state index in [0.29, 0.717) is 32.1 Å². The maximum Gasteiger partial charge on any atom is 0.298 e. The SMILES string of the molecule is COc1cc(/C=C2\SC(=O)N(c3ccccc3)C2=O)cc(Br)c1OCC#N. The fourth-order valence-corrected chi connectivity index (χ4v) is 3.90. The Labute approximate surface area is 168 Å². The lowest BCUT2D eigenvalue weighted by Gasteiger charge is -2.12. The second-order valence-electron chi connectivity index (χ2n) is 5.33. The smallest absolute Gasteiger partial charge is 0.298 e. The first-order chi connectivity index (χ1) is 13.0. The monoisotopic (exact) mass is 444 g/mol. The Morgan fingerprint density at radius 2 is 2.00 bits per heavy atom. The average molecular weight is 445 g/mol. The Bertz CT molecular complexity index is 970. The lowest BCUT2D eigenvalue weighted by atomic mass is 10.1. The fraction of sp³-hybridized carbons (Fsp3) is 0.105. The molecule has 0 N–H and O–H groups in total. The number of para-hydroxylation sites is 1. The molecule has 0 unspecified atom stereocenters. The summed E-state index contributed by atoms with van der Waals surface area (Å²) in [5.74, 6) is 0.429. The van der Waals surface area contributed by atoms with Crippen molar-refractivity contribution in [2.45, 2.75) is 0 Å². The van der Waals surface area contributed by atoms with Crippen LogP contribution in [0.1, 0.15) is 5.56 Å². The van der Waals surface area contributed by atoms with E-state index in [1.165, 1.54) is 7.11 Å². The van der Waals surface area contributed by atoms with Gasteiger partial charge in [0.2, 0.25) is 0 Å². The number of nitriles is 1. The Morgan fingerprint density at radius 3 is 2.67 bits per heavy atom. The highest BCUT2D eigenvalue weighted by molar-refractivity contribution is 9.10. The molecule has 1 aliphatic rings. The van der Waals surface area contributed by atoms with E-state index in [9.17, 15) is 9.59 Å². The minimum absolute atomic E-state index is 0.121. The van der Waals surface area contributed by atoms with Crippen LogP contribution in [-0.2, 0) is 4.79 Å². The molecule has 136 valence electrons. The third-order valence-corrected chi connectivity index (χ3v) is 5.10. The van der Waals surface area contributed by atoms with Crippen LogP contribution in [-0.4, -0.2) is 24.9 Å². The highest BCUT2D eigenvalue weighted by atomic mass is 79.9. The van der Waals surface area contributed by atoms with Gasteiger partial charge in [0.15, 0.2) is 18.1 Å². The van der Waals surface area contributed by atoms with Crippen molar-refractivity contribution in [3.63, 3.8) is 0 Å². The molecule has 27 heavy (non-hydrogen) atoms. The quantitative estimate of drug-likeness (QED) is 0.626. The molecule has 1 saturated heterocycles. The first-order valence-electron chi connectivity index (χ1n) is 7.75. The second-order valence-corrected chi connectivity index (χ2v) is 7.18. The van der Waals surface area contributed by atoms with Gasteiger partial charge in [-0.05, 0) is 63.6 Å². The number of hydrogen-bond donors (Lipinski definition) is 0. The number of carbonyl (C=O) groups is 2. The van der Waals surface area contributed by atoms with Crippen molar-refractivity contribution >= 4 is 50.6 Å². The molecule has 0 aromatic heterocycles. The van der Waals surface area contributed by atoms with Crippen LogP contribution in [0.2, 0.25) is 0 Å². The van der Waals surface area contributed by atoms with Gasteiger partial charge < -0.3 is 9.47 Å². The van der Waals surface area contributed by atoms with Crippen LogP contribution < -0.4 is 14.4 Å².